The summed E-state index contributed by atoms with van der Waals surface area (Å²) in [7, 11) is 0. The van der Waals surface area contributed by atoms with E-state index in [1.54, 1.807) is 0 Å². The van der Waals surface area contributed by atoms with Gasteiger partial charge in [-0.1, -0.05) is 51.0 Å². The van der Waals surface area contributed by atoms with Gasteiger partial charge in [-0.2, -0.15) is 0 Å². The average molecular weight is 381 g/mol. The van der Waals surface area contributed by atoms with Crippen LogP contribution in [0.1, 0.15) is 69.3 Å². The molecule has 0 saturated heterocycles. The molecule has 0 bridgehead atoms. The Hall–Kier alpha value is -2.49. The molecule has 4 heteroatoms. The number of amides is 1. The monoisotopic (exact) mass is 380 g/mol. The zero-order valence-electron chi connectivity index (χ0n) is 17.5. The summed E-state index contributed by atoms with van der Waals surface area (Å²) in [5.41, 5.74) is 2.13. The third-order valence-corrected chi connectivity index (χ3v) is 5.51. The van der Waals surface area contributed by atoms with E-state index < -0.39 is 5.66 Å². The summed E-state index contributed by atoms with van der Waals surface area (Å²) in [6.07, 6.45) is 4.21. The molecule has 0 aliphatic carbocycles. The fraction of sp³-hybridized carbons (Fsp3) is 0.458. The van der Waals surface area contributed by atoms with Crippen LogP contribution in [0.3, 0.4) is 0 Å². The minimum Gasteiger partial charge on any atom is -0.494 e. The molecule has 28 heavy (non-hydrogen) atoms. The summed E-state index contributed by atoms with van der Waals surface area (Å²) in [5, 5.41) is 3.68. The second kappa shape index (κ2) is 8.68. The van der Waals surface area contributed by atoms with Crippen LogP contribution < -0.4 is 10.1 Å². The maximum atomic E-state index is 13.3. The lowest BCUT2D eigenvalue weighted by atomic mass is 9.88. The van der Waals surface area contributed by atoms with Gasteiger partial charge in [0.2, 0.25) is 0 Å². The quantitative estimate of drug-likeness (QED) is 0.589. The molecular weight excluding hydrogens is 348 g/mol. The fourth-order valence-electron chi connectivity index (χ4n) is 4.08. The van der Waals surface area contributed by atoms with E-state index in [-0.39, 0.29) is 11.9 Å². The Morgan fingerprint density at radius 3 is 2.39 bits per heavy atom. The van der Waals surface area contributed by atoms with Crippen LogP contribution in [-0.2, 0) is 5.66 Å². The predicted octanol–water partition coefficient (Wildman–Crippen LogP) is 5.79. The van der Waals surface area contributed by atoms with E-state index in [2.05, 4.69) is 45.1 Å². The molecule has 0 aromatic heterocycles. The summed E-state index contributed by atoms with van der Waals surface area (Å²) in [4.78, 5) is 15.3. The number of hydrogen-bond acceptors (Lipinski definition) is 3. The molecule has 1 amide bonds. The summed E-state index contributed by atoms with van der Waals surface area (Å²) in [5.74, 6) is 0.954. The number of ether oxygens (including phenoxy) is 1. The Labute approximate surface area is 168 Å². The van der Waals surface area contributed by atoms with Crippen molar-refractivity contribution in [3.63, 3.8) is 0 Å². The van der Waals surface area contributed by atoms with Gasteiger partial charge in [-0.25, -0.2) is 0 Å². The van der Waals surface area contributed by atoms with E-state index in [1.165, 1.54) is 12.8 Å². The molecule has 1 aliphatic rings. The van der Waals surface area contributed by atoms with Crippen LogP contribution >= 0.6 is 0 Å². The number of carbonyl (C=O) groups is 1. The van der Waals surface area contributed by atoms with Crippen molar-refractivity contribution < 1.29 is 9.53 Å². The van der Waals surface area contributed by atoms with Crippen LogP contribution in [0.25, 0.3) is 0 Å². The second-order valence-electron chi connectivity index (χ2n) is 7.73. The molecule has 3 rings (SSSR count). The number of nitrogens with one attached hydrogen (secondary N) is 1. The van der Waals surface area contributed by atoms with Crippen LogP contribution in [0, 0.1) is 0 Å². The molecule has 1 atom stereocenters. The highest BCUT2D eigenvalue weighted by Crippen LogP contribution is 2.41. The molecule has 0 spiro atoms. The van der Waals surface area contributed by atoms with Gasteiger partial charge < -0.3 is 15.0 Å². The first-order chi connectivity index (χ1) is 13.5. The van der Waals surface area contributed by atoms with Crippen molar-refractivity contribution in [3.05, 3.63) is 59.7 Å². The standard InChI is InChI=1S/C24H32N2O2/c1-5-7-10-17-28-20-15-13-19(14-16-20)24(6-2)25-22-12-9-8-11-21(22)23(27)26(24)18(3)4/h8-9,11-16,18,25H,5-7,10,17H2,1-4H3. The van der Waals surface area contributed by atoms with E-state index in [4.69, 9.17) is 4.74 Å². The number of nitrogens with zero attached hydrogens (tertiary/aromatic N) is 1. The van der Waals surface area contributed by atoms with Crippen LogP contribution in [0.5, 0.6) is 5.75 Å². The Balaban J connectivity index is 1.93. The number of hydrogen-bond donors (Lipinski definition) is 1. The first-order valence-corrected chi connectivity index (χ1v) is 10.5. The van der Waals surface area contributed by atoms with Gasteiger partial charge in [0.05, 0.1) is 12.2 Å². The summed E-state index contributed by atoms with van der Waals surface area (Å²) in [6, 6.07) is 16.0. The third-order valence-electron chi connectivity index (χ3n) is 5.51. The molecular formula is C24H32N2O2. The fourth-order valence-corrected chi connectivity index (χ4v) is 4.08. The van der Waals surface area contributed by atoms with Gasteiger partial charge in [0.1, 0.15) is 11.4 Å². The minimum atomic E-state index is -0.569. The topological polar surface area (TPSA) is 41.6 Å². The first kappa shape index (κ1) is 20.2. The number of benzene rings is 2. The maximum Gasteiger partial charge on any atom is 0.258 e. The number of anilines is 1. The number of fused-ring (bicyclic) bond motifs is 1. The number of unbranched alkanes of at least 4 members (excludes halogenated alkanes) is 2. The third kappa shape index (κ3) is 3.73. The van der Waals surface area contributed by atoms with Crippen LogP contribution in [0.2, 0.25) is 0 Å². The number of rotatable bonds is 8. The normalized spacial score (nSPS) is 18.8. The summed E-state index contributed by atoms with van der Waals surface area (Å²) < 4.78 is 5.87. The van der Waals surface area contributed by atoms with Gasteiger partial charge in [0, 0.05) is 11.7 Å². The van der Waals surface area contributed by atoms with E-state index in [9.17, 15) is 4.79 Å². The highest BCUT2D eigenvalue weighted by atomic mass is 16.5. The lowest BCUT2D eigenvalue weighted by molar-refractivity contribution is 0.0371. The highest BCUT2D eigenvalue weighted by molar-refractivity contribution is 6.02. The zero-order valence-corrected chi connectivity index (χ0v) is 17.5. The van der Waals surface area contributed by atoms with Crippen molar-refractivity contribution in [2.24, 2.45) is 0 Å². The maximum absolute atomic E-state index is 13.3. The van der Waals surface area contributed by atoms with Gasteiger partial charge in [-0.3, -0.25) is 4.79 Å². The summed E-state index contributed by atoms with van der Waals surface area (Å²) >= 11 is 0. The van der Waals surface area contributed by atoms with E-state index in [1.807, 2.05) is 41.3 Å². The number of carbonyl (C=O) groups excluding carboxylic acids is 1. The van der Waals surface area contributed by atoms with Crippen molar-refractivity contribution >= 4 is 11.6 Å². The predicted molar refractivity (Wildman–Crippen MR) is 115 cm³/mol. The Morgan fingerprint density at radius 2 is 1.75 bits per heavy atom. The van der Waals surface area contributed by atoms with E-state index in [0.717, 1.165) is 42.0 Å². The molecule has 0 radical (unpaired) electrons. The zero-order chi connectivity index (χ0) is 20.1. The first-order valence-electron chi connectivity index (χ1n) is 10.5. The van der Waals surface area contributed by atoms with Crippen molar-refractivity contribution in [2.75, 3.05) is 11.9 Å². The van der Waals surface area contributed by atoms with Gasteiger partial charge in [0.25, 0.3) is 5.91 Å². The molecule has 150 valence electrons. The van der Waals surface area contributed by atoms with Crippen LogP contribution in [0.4, 0.5) is 5.69 Å². The van der Waals surface area contributed by atoms with E-state index in [0.29, 0.717) is 0 Å². The summed E-state index contributed by atoms with van der Waals surface area (Å²) in [6.45, 7) is 9.20. The molecule has 0 fully saturated rings. The smallest absolute Gasteiger partial charge is 0.258 e. The van der Waals surface area contributed by atoms with Crippen molar-refractivity contribution in [1.29, 1.82) is 0 Å². The Morgan fingerprint density at radius 1 is 1.04 bits per heavy atom. The lowest BCUT2D eigenvalue weighted by Crippen LogP contribution is -2.59. The largest absolute Gasteiger partial charge is 0.494 e. The van der Waals surface area contributed by atoms with Crippen molar-refractivity contribution in [3.8, 4) is 5.75 Å². The lowest BCUT2D eigenvalue weighted by Gasteiger charge is -2.50. The van der Waals surface area contributed by atoms with Gasteiger partial charge in [-0.15, -0.1) is 0 Å². The second-order valence-corrected chi connectivity index (χ2v) is 7.73. The van der Waals surface area contributed by atoms with Crippen LogP contribution in [0.15, 0.2) is 48.5 Å². The molecule has 1 aliphatic heterocycles. The molecule has 1 unspecified atom stereocenters. The highest BCUT2D eigenvalue weighted by Gasteiger charge is 2.45. The van der Waals surface area contributed by atoms with Crippen molar-refractivity contribution in [2.45, 2.75) is 65.1 Å². The van der Waals surface area contributed by atoms with Gasteiger partial charge >= 0.3 is 0 Å². The minimum absolute atomic E-state index is 0.0678. The molecule has 4 nitrogen and oxygen atoms in total. The van der Waals surface area contributed by atoms with Crippen LogP contribution in [-0.4, -0.2) is 23.5 Å². The van der Waals surface area contributed by atoms with Gasteiger partial charge in [-0.05, 0) is 56.5 Å². The molecule has 0 saturated carbocycles. The van der Waals surface area contributed by atoms with Gasteiger partial charge in [0.15, 0.2) is 0 Å². The SMILES string of the molecule is CCCCCOc1ccc(C2(CC)Nc3ccccc3C(=O)N2C(C)C)cc1. The Bertz CT molecular complexity index is 801. The molecule has 1 N–H and O–H groups in total. The molecule has 2 aromatic rings. The molecule has 1 heterocycles. The average Bonchev–Trinajstić information content (AvgIpc) is 2.71. The Kier molecular flexibility index (Phi) is 6.28. The molecule has 2 aromatic carbocycles. The van der Waals surface area contributed by atoms with Crippen molar-refractivity contribution in [1.82, 2.24) is 4.90 Å². The van der Waals surface area contributed by atoms with E-state index >= 15 is 0 Å². The number of para-hydroxylation sites is 1.